The number of benzene rings is 3. The fourth-order valence-electron chi connectivity index (χ4n) is 7.12. The van der Waals surface area contributed by atoms with Crippen LogP contribution in [0.5, 0.6) is 0 Å². The SMILES string of the molecule is CCOCCn1c(NC2CCN(CCC3(c4ccccc4)CCN(C(C)c4ccccc4)C3)CC2)nc2ccccc21. The van der Waals surface area contributed by atoms with Crippen molar-refractivity contribution in [2.75, 3.05) is 51.3 Å². The molecule has 2 aliphatic heterocycles. The standard InChI is InChI=1S/C36H47N5O/c1-3-42-27-26-41-34-17-11-10-16-33(34)38-35(41)37-32-18-22-39(23-19-32)24-20-36(31-14-8-5-9-15-31)21-25-40(28-36)29(2)30-12-6-4-7-13-30/h4-17,29,32H,3,18-28H2,1-2H3,(H,37,38). The van der Waals surface area contributed by atoms with Gasteiger partial charge in [-0.1, -0.05) is 72.8 Å². The van der Waals surface area contributed by atoms with Crippen LogP contribution in [0.3, 0.4) is 0 Å². The van der Waals surface area contributed by atoms with Crippen molar-refractivity contribution in [1.82, 2.24) is 19.4 Å². The molecular weight excluding hydrogens is 518 g/mol. The molecule has 2 fully saturated rings. The summed E-state index contributed by atoms with van der Waals surface area (Å²) >= 11 is 0. The van der Waals surface area contributed by atoms with Crippen molar-refractivity contribution in [2.45, 2.75) is 63.6 Å². The number of para-hydroxylation sites is 2. The van der Waals surface area contributed by atoms with Crippen LogP contribution in [-0.2, 0) is 16.7 Å². The van der Waals surface area contributed by atoms with Crippen molar-refractivity contribution in [3.63, 3.8) is 0 Å². The van der Waals surface area contributed by atoms with Crippen molar-refractivity contribution in [1.29, 1.82) is 0 Å². The molecule has 0 saturated carbocycles. The van der Waals surface area contributed by atoms with Gasteiger partial charge in [0.1, 0.15) is 0 Å². The fourth-order valence-corrected chi connectivity index (χ4v) is 7.12. The maximum absolute atomic E-state index is 5.68. The van der Waals surface area contributed by atoms with Crippen molar-refractivity contribution in [3.8, 4) is 0 Å². The number of likely N-dealkylation sites (tertiary alicyclic amines) is 2. The molecule has 0 aliphatic carbocycles. The number of fused-ring (bicyclic) bond motifs is 1. The van der Waals surface area contributed by atoms with E-state index in [9.17, 15) is 0 Å². The van der Waals surface area contributed by atoms with Crippen molar-refractivity contribution >= 4 is 17.0 Å². The summed E-state index contributed by atoms with van der Waals surface area (Å²) in [5.74, 6) is 0.982. The zero-order valence-electron chi connectivity index (χ0n) is 25.4. The van der Waals surface area contributed by atoms with E-state index in [-0.39, 0.29) is 5.41 Å². The van der Waals surface area contributed by atoms with Crippen LogP contribution in [0, 0.1) is 0 Å². The number of nitrogens with zero attached hydrogens (tertiary/aromatic N) is 4. The Kier molecular flexibility index (Phi) is 9.23. The van der Waals surface area contributed by atoms with E-state index in [2.05, 4.69) is 118 Å². The highest BCUT2D eigenvalue weighted by atomic mass is 16.5. The number of aromatic nitrogens is 2. The van der Waals surface area contributed by atoms with Gasteiger partial charge >= 0.3 is 0 Å². The molecule has 2 saturated heterocycles. The molecule has 0 bridgehead atoms. The molecule has 6 heteroatoms. The van der Waals surface area contributed by atoms with E-state index in [0.717, 1.165) is 70.2 Å². The Morgan fingerprint density at radius 2 is 1.62 bits per heavy atom. The minimum atomic E-state index is 0.213. The average Bonchev–Trinajstić information content (AvgIpc) is 3.64. The minimum absolute atomic E-state index is 0.213. The van der Waals surface area contributed by atoms with Gasteiger partial charge in [0, 0.05) is 50.3 Å². The number of rotatable bonds is 12. The highest BCUT2D eigenvalue weighted by Crippen LogP contribution is 2.41. The van der Waals surface area contributed by atoms with Gasteiger partial charge in [-0.25, -0.2) is 4.98 Å². The van der Waals surface area contributed by atoms with Crippen LogP contribution < -0.4 is 5.32 Å². The third kappa shape index (κ3) is 6.41. The van der Waals surface area contributed by atoms with Gasteiger partial charge in [-0.05, 0) is 75.9 Å². The summed E-state index contributed by atoms with van der Waals surface area (Å²) in [4.78, 5) is 10.4. The molecular formula is C36H47N5O. The highest BCUT2D eigenvalue weighted by Gasteiger charge is 2.41. The van der Waals surface area contributed by atoms with E-state index in [1.165, 1.54) is 29.5 Å². The first kappa shape index (κ1) is 28.9. The number of hydrogen-bond donors (Lipinski definition) is 1. The number of ether oxygens (including phenoxy) is 1. The topological polar surface area (TPSA) is 45.6 Å². The van der Waals surface area contributed by atoms with Crippen LogP contribution in [0.2, 0.25) is 0 Å². The lowest BCUT2D eigenvalue weighted by molar-refractivity contribution is 0.140. The number of anilines is 1. The number of imidazole rings is 1. The third-order valence-corrected chi connectivity index (χ3v) is 9.74. The van der Waals surface area contributed by atoms with Crippen molar-refractivity contribution < 1.29 is 4.74 Å². The normalized spacial score (nSPS) is 21.2. The lowest BCUT2D eigenvalue weighted by Crippen LogP contribution is -2.42. The second kappa shape index (κ2) is 13.4. The molecule has 3 aromatic carbocycles. The molecule has 1 N–H and O–H groups in total. The smallest absolute Gasteiger partial charge is 0.204 e. The van der Waals surface area contributed by atoms with E-state index in [1.54, 1.807) is 0 Å². The van der Waals surface area contributed by atoms with Gasteiger partial charge < -0.3 is 19.5 Å². The zero-order chi connectivity index (χ0) is 28.8. The van der Waals surface area contributed by atoms with E-state index in [0.29, 0.717) is 18.7 Å². The van der Waals surface area contributed by atoms with Crippen LogP contribution in [-0.4, -0.2) is 71.3 Å². The molecule has 4 aromatic rings. The average molecular weight is 566 g/mol. The van der Waals surface area contributed by atoms with Gasteiger partial charge in [0.05, 0.1) is 17.6 Å². The maximum atomic E-state index is 5.68. The van der Waals surface area contributed by atoms with Crippen LogP contribution in [0.4, 0.5) is 5.95 Å². The van der Waals surface area contributed by atoms with Crippen molar-refractivity contribution in [2.24, 2.45) is 0 Å². The van der Waals surface area contributed by atoms with Crippen molar-refractivity contribution in [3.05, 3.63) is 96.1 Å². The lowest BCUT2D eigenvalue weighted by Gasteiger charge is -2.37. The first-order chi connectivity index (χ1) is 20.6. The van der Waals surface area contributed by atoms with Crippen LogP contribution in [0.1, 0.15) is 56.7 Å². The molecule has 222 valence electrons. The summed E-state index contributed by atoms with van der Waals surface area (Å²) in [6, 6.07) is 31.6. The van der Waals surface area contributed by atoms with E-state index in [1.807, 2.05) is 0 Å². The molecule has 2 unspecified atom stereocenters. The second-order valence-electron chi connectivity index (χ2n) is 12.2. The first-order valence-corrected chi connectivity index (χ1v) is 16.0. The Balaban J connectivity index is 1.08. The van der Waals surface area contributed by atoms with Gasteiger partial charge in [0.2, 0.25) is 5.95 Å². The predicted octanol–water partition coefficient (Wildman–Crippen LogP) is 6.74. The molecule has 0 amide bonds. The summed E-state index contributed by atoms with van der Waals surface area (Å²) in [6.07, 6.45) is 4.72. The Labute approximate surface area is 251 Å². The van der Waals surface area contributed by atoms with Gasteiger partial charge in [0.25, 0.3) is 0 Å². The zero-order valence-corrected chi connectivity index (χ0v) is 25.4. The monoisotopic (exact) mass is 565 g/mol. The summed E-state index contributed by atoms with van der Waals surface area (Å²) in [5, 5.41) is 3.81. The van der Waals surface area contributed by atoms with Crippen LogP contribution in [0.25, 0.3) is 11.0 Å². The summed E-state index contributed by atoms with van der Waals surface area (Å²) in [7, 11) is 0. The molecule has 42 heavy (non-hydrogen) atoms. The Morgan fingerprint density at radius 1 is 0.905 bits per heavy atom. The van der Waals surface area contributed by atoms with E-state index >= 15 is 0 Å². The van der Waals surface area contributed by atoms with Gasteiger partial charge in [-0.2, -0.15) is 0 Å². The number of piperidine rings is 1. The van der Waals surface area contributed by atoms with Gasteiger partial charge in [-0.3, -0.25) is 4.90 Å². The summed E-state index contributed by atoms with van der Waals surface area (Å²) in [6.45, 7) is 12.4. The fraction of sp³-hybridized carbons (Fsp3) is 0.472. The Bertz CT molecular complexity index is 1400. The summed E-state index contributed by atoms with van der Waals surface area (Å²) in [5.41, 5.74) is 5.37. The molecule has 2 aliphatic rings. The third-order valence-electron chi connectivity index (χ3n) is 9.74. The quantitative estimate of drug-likeness (QED) is 0.193. The first-order valence-electron chi connectivity index (χ1n) is 16.0. The number of hydrogen-bond acceptors (Lipinski definition) is 5. The van der Waals surface area contributed by atoms with Crippen LogP contribution >= 0.6 is 0 Å². The molecule has 3 heterocycles. The summed E-state index contributed by atoms with van der Waals surface area (Å²) < 4.78 is 7.97. The Hall–Kier alpha value is -3.19. The number of nitrogens with one attached hydrogen (secondary N) is 1. The lowest BCUT2D eigenvalue weighted by atomic mass is 9.76. The van der Waals surface area contributed by atoms with Gasteiger partial charge in [0.15, 0.2) is 0 Å². The Morgan fingerprint density at radius 3 is 2.38 bits per heavy atom. The maximum Gasteiger partial charge on any atom is 0.204 e. The second-order valence-corrected chi connectivity index (χ2v) is 12.2. The predicted molar refractivity (Wildman–Crippen MR) is 173 cm³/mol. The van der Waals surface area contributed by atoms with E-state index < -0.39 is 0 Å². The van der Waals surface area contributed by atoms with Crippen LogP contribution in [0.15, 0.2) is 84.9 Å². The van der Waals surface area contributed by atoms with Gasteiger partial charge in [-0.15, -0.1) is 0 Å². The molecule has 1 aromatic heterocycles. The largest absolute Gasteiger partial charge is 0.380 e. The molecule has 6 rings (SSSR count). The molecule has 2 atom stereocenters. The minimum Gasteiger partial charge on any atom is -0.380 e. The highest BCUT2D eigenvalue weighted by molar-refractivity contribution is 5.78. The molecule has 0 radical (unpaired) electrons. The molecule has 0 spiro atoms. The molecule has 6 nitrogen and oxygen atoms in total. The van der Waals surface area contributed by atoms with E-state index in [4.69, 9.17) is 9.72 Å².